The minimum atomic E-state index is 0.522. The largest absolute Gasteiger partial charge is 0.381 e. The third kappa shape index (κ3) is 3.61. The highest BCUT2D eigenvalue weighted by atomic mass is 32.2. The van der Waals surface area contributed by atoms with E-state index in [1.54, 1.807) is 11.8 Å². The third-order valence-corrected chi connectivity index (χ3v) is 5.52. The van der Waals surface area contributed by atoms with Crippen molar-refractivity contribution < 1.29 is 0 Å². The molecule has 0 aliphatic heterocycles. The summed E-state index contributed by atoms with van der Waals surface area (Å²) >= 11 is 3.70. The van der Waals surface area contributed by atoms with Crippen LogP contribution >= 0.6 is 23.5 Å². The molecule has 2 unspecified atom stereocenters. The van der Waals surface area contributed by atoms with Gasteiger partial charge in [-0.3, -0.25) is 0 Å². The molecule has 19 heavy (non-hydrogen) atoms. The fourth-order valence-corrected chi connectivity index (χ4v) is 4.33. The molecule has 1 aromatic rings. The summed E-state index contributed by atoms with van der Waals surface area (Å²) in [7, 11) is 0. The minimum absolute atomic E-state index is 0.522. The number of hydrogen-bond donors (Lipinski definition) is 1. The summed E-state index contributed by atoms with van der Waals surface area (Å²) < 4.78 is 0. The Bertz CT molecular complexity index is 468. The average Bonchev–Trinajstić information content (AvgIpc) is 2.86. The third-order valence-electron chi connectivity index (χ3n) is 3.50. The second-order valence-corrected chi connectivity index (χ2v) is 7.15. The van der Waals surface area contributed by atoms with Gasteiger partial charge in [-0.15, -0.1) is 11.8 Å². The lowest BCUT2D eigenvalue weighted by Crippen LogP contribution is -2.17. The smallest absolute Gasteiger partial charge is 0.102 e. The zero-order valence-electron chi connectivity index (χ0n) is 11.5. The quantitative estimate of drug-likeness (QED) is 0.818. The van der Waals surface area contributed by atoms with Crippen molar-refractivity contribution in [1.29, 1.82) is 5.26 Å². The Balaban J connectivity index is 2.06. The summed E-state index contributed by atoms with van der Waals surface area (Å²) in [5, 5.41) is 13.7. The van der Waals surface area contributed by atoms with Gasteiger partial charge in [0.05, 0.1) is 11.3 Å². The molecule has 1 aliphatic carbocycles. The fourth-order valence-electron chi connectivity index (χ4n) is 2.62. The lowest BCUT2D eigenvalue weighted by Gasteiger charge is -2.16. The van der Waals surface area contributed by atoms with Crippen LogP contribution in [0.4, 0.5) is 5.69 Å². The fraction of sp³-hybridized carbons (Fsp3) is 0.533. The first-order chi connectivity index (χ1) is 9.28. The minimum Gasteiger partial charge on any atom is -0.381 e. The molecule has 0 saturated heterocycles. The van der Waals surface area contributed by atoms with Crippen LogP contribution in [0.5, 0.6) is 0 Å². The number of nitrogens with zero attached hydrogens (tertiary/aromatic N) is 1. The molecule has 1 N–H and O–H groups in total. The van der Waals surface area contributed by atoms with Gasteiger partial charge in [0, 0.05) is 16.2 Å². The first-order valence-electron chi connectivity index (χ1n) is 6.73. The molecule has 0 radical (unpaired) electrons. The lowest BCUT2D eigenvalue weighted by atomic mass is 10.1. The van der Waals surface area contributed by atoms with Crippen LogP contribution in [0.15, 0.2) is 23.1 Å². The van der Waals surface area contributed by atoms with Crippen LogP contribution in [-0.2, 0) is 0 Å². The molecule has 4 heteroatoms. The molecular weight excluding hydrogens is 272 g/mol. The van der Waals surface area contributed by atoms with E-state index in [1.807, 2.05) is 24.5 Å². The van der Waals surface area contributed by atoms with Crippen LogP contribution in [0.2, 0.25) is 0 Å². The second kappa shape index (κ2) is 7.12. The molecule has 2 rings (SSSR count). The van der Waals surface area contributed by atoms with Gasteiger partial charge in [0.25, 0.3) is 0 Å². The topological polar surface area (TPSA) is 35.8 Å². The average molecular weight is 292 g/mol. The predicted octanol–water partition coefficient (Wildman–Crippen LogP) is 4.37. The van der Waals surface area contributed by atoms with E-state index in [1.165, 1.54) is 25.0 Å². The van der Waals surface area contributed by atoms with Crippen LogP contribution in [0, 0.1) is 11.3 Å². The van der Waals surface area contributed by atoms with E-state index in [2.05, 4.69) is 30.1 Å². The molecule has 0 bridgehead atoms. The SMILES string of the molecule is CCSC1CCC(Nc2cccc(SC)c2C#N)C1. The summed E-state index contributed by atoms with van der Waals surface area (Å²) in [5.41, 5.74) is 1.79. The van der Waals surface area contributed by atoms with Gasteiger partial charge in [0.15, 0.2) is 0 Å². The van der Waals surface area contributed by atoms with E-state index in [-0.39, 0.29) is 0 Å². The molecule has 1 aliphatic rings. The summed E-state index contributed by atoms with van der Waals surface area (Å²) in [6.45, 7) is 2.22. The molecule has 2 atom stereocenters. The number of nitriles is 1. The molecule has 0 amide bonds. The molecule has 1 aromatic carbocycles. The Hall–Kier alpha value is -0.790. The van der Waals surface area contributed by atoms with Gasteiger partial charge >= 0.3 is 0 Å². The molecule has 0 heterocycles. The normalized spacial score (nSPS) is 22.2. The van der Waals surface area contributed by atoms with Crippen molar-refractivity contribution in [3.8, 4) is 6.07 Å². The van der Waals surface area contributed by atoms with Crippen LogP contribution in [0.3, 0.4) is 0 Å². The van der Waals surface area contributed by atoms with Crippen LogP contribution < -0.4 is 5.32 Å². The van der Waals surface area contributed by atoms with Crippen molar-refractivity contribution in [2.24, 2.45) is 0 Å². The van der Waals surface area contributed by atoms with Crippen molar-refractivity contribution in [3.05, 3.63) is 23.8 Å². The lowest BCUT2D eigenvalue weighted by molar-refractivity contribution is 0.756. The van der Waals surface area contributed by atoms with Gasteiger partial charge in [-0.25, -0.2) is 0 Å². The maximum atomic E-state index is 9.33. The molecule has 0 spiro atoms. The van der Waals surface area contributed by atoms with E-state index in [4.69, 9.17) is 0 Å². The van der Waals surface area contributed by atoms with Gasteiger partial charge < -0.3 is 5.32 Å². The molecular formula is C15H20N2S2. The van der Waals surface area contributed by atoms with Crippen molar-refractivity contribution in [2.45, 2.75) is 42.4 Å². The van der Waals surface area contributed by atoms with Crippen molar-refractivity contribution in [1.82, 2.24) is 0 Å². The standard InChI is InChI=1S/C15H20N2S2/c1-3-19-12-8-7-11(9-12)17-14-5-4-6-15(18-2)13(14)10-16/h4-6,11-12,17H,3,7-9H2,1-2H3. The van der Waals surface area contributed by atoms with Crippen LogP contribution in [0.1, 0.15) is 31.7 Å². The molecule has 102 valence electrons. The van der Waals surface area contributed by atoms with Crippen LogP contribution in [0.25, 0.3) is 0 Å². The van der Waals surface area contributed by atoms with E-state index < -0.39 is 0 Å². The maximum absolute atomic E-state index is 9.33. The number of nitrogens with one attached hydrogen (secondary N) is 1. The van der Waals surface area contributed by atoms with Crippen molar-refractivity contribution >= 4 is 29.2 Å². The zero-order chi connectivity index (χ0) is 13.7. The van der Waals surface area contributed by atoms with Gasteiger partial charge in [-0.2, -0.15) is 17.0 Å². The molecule has 0 aromatic heterocycles. The monoisotopic (exact) mass is 292 g/mol. The van der Waals surface area contributed by atoms with Crippen molar-refractivity contribution in [3.63, 3.8) is 0 Å². The summed E-state index contributed by atoms with van der Waals surface area (Å²) in [6.07, 6.45) is 5.74. The van der Waals surface area contributed by atoms with Gasteiger partial charge in [0.1, 0.15) is 6.07 Å². The summed E-state index contributed by atoms with van der Waals surface area (Å²) in [4.78, 5) is 1.06. The second-order valence-electron chi connectivity index (χ2n) is 4.73. The summed E-state index contributed by atoms with van der Waals surface area (Å²) in [5.74, 6) is 1.20. The highest BCUT2D eigenvalue weighted by Gasteiger charge is 2.25. The first-order valence-corrected chi connectivity index (χ1v) is 9.01. The molecule has 1 saturated carbocycles. The zero-order valence-corrected chi connectivity index (χ0v) is 13.1. The van der Waals surface area contributed by atoms with Gasteiger partial charge in [-0.05, 0) is 43.4 Å². The first kappa shape index (κ1) is 14.6. The summed E-state index contributed by atoms with van der Waals surface area (Å²) in [6, 6.07) is 8.93. The number of anilines is 1. The Morgan fingerprint density at radius 3 is 2.95 bits per heavy atom. The maximum Gasteiger partial charge on any atom is 0.102 e. The Morgan fingerprint density at radius 1 is 1.42 bits per heavy atom. The molecule has 1 fully saturated rings. The number of benzene rings is 1. The number of hydrogen-bond acceptors (Lipinski definition) is 4. The van der Waals surface area contributed by atoms with E-state index >= 15 is 0 Å². The van der Waals surface area contributed by atoms with Gasteiger partial charge in [0.2, 0.25) is 0 Å². The predicted molar refractivity (Wildman–Crippen MR) is 86.1 cm³/mol. The Kier molecular flexibility index (Phi) is 5.47. The molecule has 2 nitrogen and oxygen atoms in total. The highest BCUT2D eigenvalue weighted by Crippen LogP contribution is 2.33. The van der Waals surface area contributed by atoms with Crippen LogP contribution in [-0.4, -0.2) is 23.3 Å². The van der Waals surface area contributed by atoms with E-state index in [9.17, 15) is 5.26 Å². The van der Waals surface area contributed by atoms with E-state index in [0.29, 0.717) is 6.04 Å². The van der Waals surface area contributed by atoms with E-state index in [0.717, 1.165) is 21.4 Å². The van der Waals surface area contributed by atoms with Crippen molar-refractivity contribution in [2.75, 3.05) is 17.3 Å². The van der Waals surface area contributed by atoms with Gasteiger partial charge in [-0.1, -0.05) is 13.0 Å². The highest BCUT2D eigenvalue weighted by molar-refractivity contribution is 7.99. The Labute approximate surface area is 124 Å². The number of rotatable bonds is 5. The Morgan fingerprint density at radius 2 is 2.26 bits per heavy atom. The number of thioether (sulfide) groups is 2.